The Morgan fingerprint density at radius 2 is 1.62 bits per heavy atom. The fourth-order valence-corrected chi connectivity index (χ4v) is 5.54. The van der Waals surface area contributed by atoms with Gasteiger partial charge in [0.2, 0.25) is 17.6 Å². The largest absolute Gasteiger partial charge is 0.444 e. The van der Waals surface area contributed by atoms with Gasteiger partial charge in [0, 0.05) is 24.9 Å². The SMILES string of the molecule is C=CCCNC(=O)C(=O)C(CCC=C)NC(=O)[C@@H]1C2C(CN1C(=O)[C@@H](NC(=O)OC(C)(C)C)C(C)(C)C)C2(Cl)Cl. The van der Waals surface area contributed by atoms with E-state index in [1.165, 1.54) is 4.90 Å². The van der Waals surface area contributed by atoms with Crippen LogP contribution >= 0.6 is 23.2 Å². The van der Waals surface area contributed by atoms with Crippen LogP contribution in [-0.2, 0) is 23.9 Å². The first kappa shape index (κ1) is 33.6. The van der Waals surface area contributed by atoms with Crippen LogP contribution in [0.25, 0.3) is 0 Å². The minimum absolute atomic E-state index is 0.0878. The second-order valence-corrected chi connectivity index (χ2v) is 13.8. The van der Waals surface area contributed by atoms with Crippen LogP contribution in [0.5, 0.6) is 0 Å². The number of Topliss-reactive ketones (excluding diaryl/α,β-unsaturated/α-hetero) is 1. The summed E-state index contributed by atoms with van der Waals surface area (Å²) in [5, 5.41) is 7.81. The lowest BCUT2D eigenvalue weighted by Crippen LogP contribution is -2.61. The number of hydrogen-bond donors (Lipinski definition) is 3. The van der Waals surface area contributed by atoms with Gasteiger partial charge in [0.05, 0.1) is 6.04 Å². The van der Waals surface area contributed by atoms with Crippen molar-refractivity contribution >= 4 is 52.8 Å². The zero-order valence-corrected chi connectivity index (χ0v) is 25.7. The summed E-state index contributed by atoms with van der Waals surface area (Å²) < 4.78 is 4.13. The molecule has 1 heterocycles. The van der Waals surface area contributed by atoms with Crippen molar-refractivity contribution in [2.24, 2.45) is 17.3 Å². The Morgan fingerprint density at radius 1 is 1.02 bits per heavy atom. The van der Waals surface area contributed by atoms with Crippen molar-refractivity contribution in [1.82, 2.24) is 20.9 Å². The Kier molecular flexibility index (Phi) is 10.9. The van der Waals surface area contributed by atoms with Gasteiger partial charge in [-0.25, -0.2) is 4.79 Å². The molecule has 1 aliphatic heterocycles. The molecule has 0 aromatic carbocycles. The van der Waals surface area contributed by atoms with Crippen molar-refractivity contribution < 1.29 is 28.7 Å². The Hall–Kier alpha value is -2.59. The molecule has 10 nitrogen and oxygen atoms in total. The van der Waals surface area contributed by atoms with Crippen LogP contribution in [0, 0.1) is 17.3 Å². The molecule has 1 saturated heterocycles. The number of rotatable bonds is 12. The van der Waals surface area contributed by atoms with Crippen molar-refractivity contribution in [3.05, 3.63) is 25.3 Å². The van der Waals surface area contributed by atoms with Gasteiger partial charge in [0.1, 0.15) is 22.0 Å². The van der Waals surface area contributed by atoms with Gasteiger partial charge in [0.25, 0.3) is 5.91 Å². The van der Waals surface area contributed by atoms with Crippen LogP contribution < -0.4 is 16.0 Å². The van der Waals surface area contributed by atoms with Crippen molar-refractivity contribution in [1.29, 1.82) is 0 Å². The molecule has 2 aliphatic rings. The predicted molar refractivity (Wildman–Crippen MR) is 154 cm³/mol. The lowest BCUT2D eigenvalue weighted by atomic mass is 9.85. The van der Waals surface area contributed by atoms with E-state index in [1.807, 2.05) is 0 Å². The second kappa shape index (κ2) is 12.9. The summed E-state index contributed by atoms with van der Waals surface area (Å²) in [7, 11) is 0. The number of likely N-dealkylation sites (tertiary alicyclic amines) is 1. The zero-order chi connectivity index (χ0) is 30.6. The van der Waals surface area contributed by atoms with Crippen molar-refractivity contribution in [2.75, 3.05) is 13.1 Å². The number of fused-ring (bicyclic) bond motifs is 1. The maximum absolute atomic E-state index is 13.9. The van der Waals surface area contributed by atoms with Gasteiger partial charge in [-0.1, -0.05) is 32.9 Å². The second-order valence-electron chi connectivity index (χ2n) is 12.3. The zero-order valence-electron chi connectivity index (χ0n) is 24.1. The first-order valence-electron chi connectivity index (χ1n) is 13.4. The Bertz CT molecular complexity index is 1030. The molecule has 3 N–H and O–H groups in total. The van der Waals surface area contributed by atoms with Gasteiger partial charge < -0.3 is 25.6 Å². The van der Waals surface area contributed by atoms with Crippen molar-refractivity contribution in [3.8, 4) is 0 Å². The van der Waals surface area contributed by atoms with Crippen LogP contribution in [0.3, 0.4) is 0 Å². The summed E-state index contributed by atoms with van der Waals surface area (Å²) in [6.07, 6.45) is 3.37. The summed E-state index contributed by atoms with van der Waals surface area (Å²) in [5.41, 5.74) is -1.53. The lowest BCUT2D eigenvalue weighted by molar-refractivity contribution is -0.145. The molecule has 1 aliphatic carbocycles. The number of carbonyl (C=O) groups is 5. The predicted octanol–water partition coefficient (Wildman–Crippen LogP) is 3.27. The van der Waals surface area contributed by atoms with Crippen molar-refractivity contribution in [3.63, 3.8) is 0 Å². The number of carbonyl (C=O) groups excluding carboxylic acids is 5. The number of allylic oxidation sites excluding steroid dienone is 1. The fraction of sp³-hybridized carbons (Fsp3) is 0.679. The molecule has 0 bridgehead atoms. The number of amides is 4. The van der Waals surface area contributed by atoms with Gasteiger partial charge in [-0.3, -0.25) is 19.2 Å². The number of nitrogens with zero attached hydrogens (tertiary/aromatic N) is 1. The monoisotopic (exact) mass is 600 g/mol. The molecule has 2 fully saturated rings. The molecule has 5 atom stereocenters. The molecule has 0 radical (unpaired) electrons. The summed E-state index contributed by atoms with van der Waals surface area (Å²) >= 11 is 12.9. The average molecular weight is 602 g/mol. The molecule has 4 amide bonds. The molecule has 0 aromatic rings. The average Bonchev–Trinajstić information content (AvgIpc) is 3.15. The number of hydrogen-bond acceptors (Lipinski definition) is 6. The number of alkyl carbamates (subject to hydrolysis) is 1. The number of halogens is 2. The third kappa shape index (κ3) is 8.22. The van der Waals surface area contributed by atoms with E-state index >= 15 is 0 Å². The van der Waals surface area contributed by atoms with Crippen LogP contribution in [0.2, 0.25) is 0 Å². The summed E-state index contributed by atoms with van der Waals surface area (Å²) in [6, 6.07) is -3.30. The van der Waals surface area contributed by atoms with E-state index in [9.17, 15) is 24.0 Å². The highest BCUT2D eigenvalue weighted by Crippen LogP contribution is 2.65. The van der Waals surface area contributed by atoms with Crippen LogP contribution in [0.15, 0.2) is 25.3 Å². The number of piperidine rings is 1. The highest BCUT2D eigenvalue weighted by Gasteiger charge is 2.74. The van der Waals surface area contributed by atoms with E-state index in [1.54, 1.807) is 53.7 Å². The normalized spacial score (nSPS) is 22.7. The van der Waals surface area contributed by atoms with Gasteiger partial charge in [0.15, 0.2) is 0 Å². The molecule has 40 heavy (non-hydrogen) atoms. The molecule has 0 aromatic heterocycles. The molecule has 3 unspecified atom stereocenters. The lowest BCUT2D eigenvalue weighted by Gasteiger charge is -2.37. The number of ketones is 1. The Labute approximate surface area is 246 Å². The molecule has 12 heteroatoms. The third-order valence-electron chi connectivity index (χ3n) is 6.81. The fourth-order valence-electron chi connectivity index (χ4n) is 4.72. The van der Waals surface area contributed by atoms with Crippen molar-refractivity contribution in [2.45, 2.75) is 88.9 Å². The molecular formula is C28H42Cl2N4O6. The highest BCUT2D eigenvalue weighted by molar-refractivity contribution is 6.51. The first-order chi connectivity index (χ1) is 18.4. The molecular weight excluding hydrogens is 559 g/mol. The van der Waals surface area contributed by atoms with Gasteiger partial charge in [-0.05, 0) is 45.4 Å². The van der Waals surface area contributed by atoms with E-state index in [0.717, 1.165) is 0 Å². The quantitative estimate of drug-likeness (QED) is 0.136. The molecule has 0 spiro atoms. The molecule has 1 saturated carbocycles. The van der Waals surface area contributed by atoms with Gasteiger partial charge >= 0.3 is 6.09 Å². The summed E-state index contributed by atoms with van der Waals surface area (Å²) in [4.78, 5) is 66.8. The molecule has 224 valence electrons. The minimum atomic E-state index is -1.22. The standard InChI is InChI=1S/C28H42Cl2N4O6/c1-9-11-13-17(20(35)23(37)31-14-12-10-2)32-22(36)19-18-16(28(18,29)30)15-34(19)24(38)21(26(3,4)5)33-25(39)40-27(6,7)8/h9-10,16-19,21H,1-2,11-15H2,3-8H3,(H,31,37)(H,32,36)(H,33,39)/t16?,17?,18?,19-,21+/m0/s1. The minimum Gasteiger partial charge on any atom is -0.444 e. The maximum Gasteiger partial charge on any atom is 0.408 e. The maximum atomic E-state index is 13.9. The van der Waals surface area contributed by atoms with E-state index in [0.29, 0.717) is 12.8 Å². The highest BCUT2D eigenvalue weighted by atomic mass is 35.5. The summed E-state index contributed by atoms with van der Waals surface area (Å²) in [6.45, 7) is 18.0. The topological polar surface area (TPSA) is 134 Å². The first-order valence-corrected chi connectivity index (χ1v) is 14.1. The van der Waals surface area contributed by atoms with E-state index < -0.39 is 69.0 Å². The number of ether oxygens (including phenoxy) is 1. The van der Waals surface area contributed by atoms with Gasteiger partial charge in [-0.2, -0.15) is 0 Å². The van der Waals surface area contributed by atoms with Crippen LogP contribution in [0.1, 0.15) is 60.8 Å². The van der Waals surface area contributed by atoms with Gasteiger partial charge in [-0.15, -0.1) is 36.4 Å². The molecule has 2 rings (SSSR count). The van der Waals surface area contributed by atoms with Crippen LogP contribution in [0.4, 0.5) is 4.79 Å². The van der Waals surface area contributed by atoms with E-state index in [4.69, 9.17) is 27.9 Å². The van der Waals surface area contributed by atoms with E-state index in [2.05, 4.69) is 29.1 Å². The Balaban J connectivity index is 2.30. The number of alkyl halides is 2. The summed E-state index contributed by atoms with van der Waals surface area (Å²) in [5.74, 6) is -3.77. The Morgan fingerprint density at radius 3 is 2.15 bits per heavy atom. The number of nitrogens with one attached hydrogen (secondary N) is 3. The smallest absolute Gasteiger partial charge is 0.408 e. The third-order valence-corrected chi connectivity index (χ3v) is 7.87. The van der Waals surface area contributed by atoms with E-state index in [-0.39, 0.29) is 25.4 Å². The van der Waals surface area contributed by atoms with Crippen LogP contribution in [-0.4, -0.2) is 75.6 Å².